The molecule has 16 heavy (non-hydrogen) atoms. The van der Waals surface area contributed by atoms with E-state index in [-0.39, 0.29) is 12.2 Å². The molecule has 1 rings (SSSR count). The molecule has 5 heteroatoms. The molecule has 1 aromatic heterocycles. The first kappa shape index (κ1) is 13.4. The number of halogens is 1. The Balaban J connectivity index is 2.77. The highest BCUT2D eigenvalue weighted by Crippen LogP contribution is 2.21. The fourth-order valence-electron chi connectivity index (χ4n) is 1.59. The van der Waals surface area contributed by atoms with Gasteiger partial charge < -0.3 is 5.11 Å². The van der Waals surface area contributed by atoms with Crippen molar-refractivity contribution in [1.29, 1.82) is 0 Å². The molecule has 0 saturated carbocycles. The summed E-state index contributed by atoms with van der Waals surface area (Å²) >= 11 is 3.40. The van der Waals surface area contributed by atoms with E-state index in [9.17, 15) is 9.90 Å². The van der Waals surface area contributed by atoms with Crippen molar-refractivity contribution in [1.82, 2.24) is 9.78 Å². The molecule has 0 saturated heterocycles. The van der Waals surface area contributed by atoms with Crippen LogP contribution in [0.5, 0.6) is 0 Å². The molecule has 4 nitrogen and oxygen atoms in total. The molecule has 0 radical (unpaired) electrons. The number of carbonyl (C=O) groups excluding carboxylic acids is 1. The number of nitrogens with zero attached hydrogens (tertiary/aromatic N) is 2. The summed E-state index contributed by atoms with van der Waals surface area (Å²) in [7, 11) is 1.80. The fraction of sp³-hybridized carbons (Fsp3) is 0.636. The summed E-state index contributed by atoms with van der Waals surface area (Å²) in [6.07, 6.45) is 0.692. The van der Waals surface area contributed by atoms with Gasteiger partial charge in [0.15, 0.2) is 5.78 Å². The van der Waals surface area contributed by atoms with Crippen molar-refractivity contribution < 1.29 is 9.90 Å². The molecule has 1 unspecified atom stereocenters. The van der Waals surface area contributed by atoms with Crippen molar-refractivity contribution in [2.75, 3.05) is 0 Å². The van der Waals surface area contributed by atoms with E-state index in [4.69, 9.17) is 0 Å². The number of carbonyl (C=O) groups is 1. The predicted octanol–water partition coefficient (Wildman–Crippen LogP) is 1.76. The molecule has 90 valence electrons. The van der Waals surface area contributed by atoms with E-state index in [0.29, 0.717) is 6.42 Å². The summed E-state index contributed by atoms with van der Waals surface area (Å²) in [5, 5.41) is 13.8. The molecule has 0 bridgehead atoms. The third-order valence-electron chi connectivity index (χ3n) is 2.54. The fourth-order valence-corrected chi connectivity index (χ4v) is 2.07. The lowest BCUT2D eigenvalue weighted by Crippen LogP contribution is -2.23. The standard InChI is InChI=1S/C11H17BrN2O2/c1-4-5-9(15)10(16)6-8-11(12)7(2)13-14(8)3/h9,15H,4-6H2,1-3H3. The number of aromatic nitrogens is 2. The van der Waals surface area contributed by atoms with Gasteiger partial charge in [-0.1, -0.05) is 13.3 Å². The molecule has 0 amide bonds. The number of hydrogen-bond donors (Lipinski definition) is 1. The molecular weight excluding hydrogens is 272 g/mol. The maximum absolute atomic E-state index is 11.7. The van der Waals surface area contributed by atoms with Crippen molar-refractivity contribution in [2.45, 2.75) is 39.2 Å². The Kier molecular flexibility index (Phi) is 4.68. The number of rotatable bonds is 5. The number of aliphatic hydroxyl groups excluding tert-OH is 1. The molecule has 0 aliphatic carbocycles. The number of hydrogen-bond acceptors (Lipinski definition) is 3. The third-order valence-corrected chi connectivity index (χ3v) is 3.57. The molecule has 1 atom stereocenters. The van der Waals surface area contributed by atoms with Crippen LogP contribution in [-0.4, -0.2) is 26.8 Å². The normalized spacial score (nSPS) is 12.8. The van der Waals surface area contributed by atoms with E-state index < -0.39 is 6.10 Å². The second-order valence-electron chi connectivity index (χ2n) is 3.92. The van der Waals surface area contributed by atoms with E-state index in [1.807, 2.05) is 13.8 Å². The maximum atomic E-state index is 11.7. The third kappa shape index (κ3) is 2.92. The zero-order valence-corrected chi connectivity index (χ0v) is 11.4. The zero-order chi connectivity index (χ0) is 12.3. The largest absolute Gasteiger partial charge is 0.385 e. The second kappa shape index (κ2) is 5.59. The highest BCUT2D eigenvalue weighted by Gasteiger charge is 2.19. The van der Waals surface area contributed by atoms with Crippen LogP contribution >= 0.6 is 15.9 Å². The van der Waals surface area contributed by atoms with Crippen LogP contribution in [0.4, 0.5) is 0 Å². The SMILES string of the molecule is CCCC(O)C(=O)Cc1c(Br)c(C)nn1C. The van der Waals surface area contributed by atoms with Crippen LogP contribution in [0.2, 0.25) is 0 Å². The lowest BCUT2D eigenvalue weighted by Gasteiger charge is -2.08. The Morgan fingerprint density at radius 2 is 2.25 bits per heavy atom. The lowest BCUT2D eigenvalue weighted by atomic mass is 10.1. The number of aliphatic hydroxyl groups is 1. The maximum Gasteiger partial charge on any atom is 0.167 e. The van der Waals surface area contributed by atoms with Crippen molar-refractivity contribution >= 4 is 21.7 Å². The smallest absolute Gasteiger partial charge is 0.167 e. The average Bonchev–Trinajstić information content (AvgIpc) is 2.45. The van der Waals surface area contributed by atoms with Crippen LogP contribution in [0.25, 0.3) is 0 Å². The Morgan fingerprint density at radius 3 is 2.69 bits per heavy atom. The summed E-state index contributed by atoms with van der Waals surface area (Å²) in [5.74, 6) is -0.148. The summed E-state index contributed by atoms with van der Waals surface area (Å²) in [6, 6.07) is 0. The molecular formula is C11H17BrN2O2. The first-order chi connectivity index (χ1) is 7.47. The van der Waals surface area contributed by atoms with Crippen molar-refractivity contribution in [3.05, 3.63) is 15.9 Å². The van der Waals surface area contributed by atoms with Crippen LogP contribution in [-0.2, 0) is 18.3 Å². The van der Waals surface area contributed by atoms with Gasteiger partial charge in [-0.05, 0) is 29.3 Å². The van der Waals surface area contributed by atoms with Gasteiger partial charge in [-0.2, -0.15) is 5.10 Å². The Labute approximate surface area is 104 Å². The highest BCUT2D eigenvalue weighted by atomic mass is 79.9. The molecule has 0 spiro atoms. The van der Waals surface area contributed by atoms with Gasteiger partial charge in [-0.25, -0.2) is 0 Å². The lowest BCUT2D eigenvalue weighted by molar-refractivity contribution is -0.126. The monoisotopic (exact) mass is 288 g/mol. The predicted molar refractivity (Wildman–Crippen MR) is 65.3 cm³/mol. The molecule has 0 aliphatic rings. The Hall–Kier alpha value is -0.680. The second-order valence-corrected chi connectivity index (χ2v) is 4.71. The molecule has 0 aromatic carbocycles. The molecule has 0 fully saturated rings. The minimum absolute atomic E-state index is 0.148. The highest BCUT2D eigenvalue weighted by molar-refractivity contribution is 9.10. The van der Waals surface area contributed by atoms with Crippen LogP contribution in [0, 0.1) is 6.92 Å². The van der Waals surface area contributed by atoms with E-state index in [1.54, 1.807) is 11.7 Å². The first-order valence-electron chi connectivity index (χ1n) is 5.36. The van der Waals surface area contributed by atoms with E-state index in [2.05, 4.69) is 21.0 Å². The van der Waals surface area contributed by atoms with Gasteiger partial charge in [0.05, 0.1) is 22.3 Å². The quantitative estimate of drug-likeness (QED) is 0.898. The summed E-state index contributed by atoms with van der Waals surface area (Å²) in [4.78, 5) is 11.7. The van der Waals surface area contributed by atoms with E-state index in [1.165, 1.54) is 0 Å². The van der Waals surface area contributed by atoms with Gasteiger partial charge in [0, 0.05) is 7.05 Å². The number of aryl methyl sites for hydroxylation is 2. The Morgan fingerprint density at radius 1 is 1.62 bits per heavy atom. The minimum Gasteiger partial charge on any atom is -0.385 e. The summed E-state index contributed by atoms with van der Waals surface area (Å²) in [5.41, 5.74) is 1.67. The number of ketones is 1. The van der Waals surface area contributed by atoms with Crippen LogP contribution in [0.15, 0.2) is 4.47 Å². The topological polar surface area (TPSA) is 55.1 Å². The molecule has 1 aromatic rings. The van der Waals surface area contributed by atoms with Crippen LogP contribution < -0.4 is 0 Å². The summed E-state index contributed by atoms with van der Waals surface area (Å²) < 4.78 is 2.53. The van der Waals surface area contributed by atoms with E-state index >= 15 is 0 Å². The zero-order valence-electron chi connectivity index (χ0n) is 9.83. The van der Waals surface area contributed by atoms with Crippen molar-refractivity contribution in [3.63, 3.8) is 0 Å². The Bertz CT molecular complexity index is 388. The van der Waals surface area contributed by atoms with Crippen LogP contribution in [0.1, 0.15) is 31.2 Å². The average molecular weight is 289 g/mol. The van der Waals surface area contributed by atoms with E-state index in [0.717, 1.165) is 22.3 Å². The molecule has 0 aliphatic heterocycles. The molecule has 1 N–H and O–H groups in total. The number of Topliss-reactive ketones (excluding diaryl/α,β-unsaturated/α-hetero) is 1. The van der Waals surface area contributed by atoms with Gasteiger partial charge in [-0.3, -0.25) is 9.48 Å². The molecule has 1 heterocycles. The van der Waals surface area contributed by atoms with Gasteiger partial charge in [-0.15, -0.1) is 0 Å². The van der Waals surface area contributed by atoms with Gasteiger partial charge in [0.2, 0.25) is 0 Å². The van der Waals surface area contributed by atoms with Gasteiger partial charge in [0.1, 0.15) is 6.10 Å². The van der Waals surface area contributed by atoms with Crippen LogP contribution in [0.3, 0.4) is 0 Å². The van der Waals surface area contributed by atoms with Gasteiger partial charge >= 0.3 is 0 Å². The van der Waals surface area contributed by atoms with Gasteiger partial charge in [0.25, 0.3) is 0 Å². The first-order valence-corrected chi connectivity index (χ1v) is 6.15. The summed E-state index contributed by atoms with van der Waals surface area (Å²) in [6.45, 7) is 3.82. The van der Waals surface area contributed by atoms with Crippen molar-refractivity contribution in [2.24, 2.45) is 7.05 Å². The minimum atomic E-state index is -0.855. The van der Waals surface area contributed by atoms with Crippen molar-refractivity contribution in [3.8, 4) is 0 Å².